The molecule has 19 nitrogen and oxygen atoms in total. The van der Waals surface area contributed by atoms with Gasteiger partial charge in [0.2, 0.25) is 11.8 Å². The first-order chi connectivity index (χ1) is 54.4. The molecule has 0 aliphatic carbocycles. The van der Waals surface area contributed by atoms with Gasteiger partial charge in [0.05, 0.1) is 26.1 Å². The molecule has 1 aliphatic rings. The summed E-state index contributed by atoms with van der Waals surface area (Å²) in [5.74, 6) is -3.69. The van der Waals surface area contributed by atoms with Gasteiger partial charge in [0, 0.05) is 32.2 Å². The number of carbonyl (C=O) groups excluding carboxylic acids is 6. The van der Waals surface area contributed by atoms with Gasteiger partial charge in [0.25, 0.3) is 0 Å². The van der Waals surface area contributed by atoms with Gasteiger partial charge in [-0.25, -0.2) is 4.57 Å². The molecule has 0 aromatic rings. The molecule has 0 saturated carbocycles. The van der Waals surface area contributed by atoms with Crippen LogP contribution in [0.1, 0.15) is 485 Å². The van der Waals surface area contributed by atoms with Gasteiger partial charge in [-0.3, -0.25) is 33.3 Å². The van der Waals surface area contributed by atoms with Gasteiger partial charge in [-0.1, -0.05) is 388 Å². The molecule has 1 rings (SSSR count). The molecule has 1 heterocycles. The molecule has 20 heteroatoms. The van der Waals surface area contributed by atoms with E-state index in [2.05, 4.69) is 52.2 Å². The van der Waals surface area contributed by atoms with Gasteiger partial charge in [-0.15, -0.1) is 0 Å². The fourth-order valence-electron chi connectivity index (χ4n) is 15.7. The van der Waals surface area contributed by atoms with Crippen molar-refractivity contribution in [2.75, 3.05) is 19.8 Å². The third-order valence-electron chi connectivity index (χ3n) is 22.7. The Kier molecular flexibility index (Phi) is 72.1. The molecule has 1 saturated heterocycles. The number of hydrogen-bond acceptors (Lipinski definition) is 15. The van der Waals surface area contributed by atoms with Crippen molar-refractivity contribution in [3.05, 3.63) is 0 Å². The number of Topliss-reactive ketones (excluding diaryl/α,β-unsaturated/α-hetero) is 1. The number of carbonyl (C=O) groups is 6. The highest BCUT2D eigenvalue weighted by molar-refractivity contribution is 7.46. The number of rotatable bonds is 84. The lowest BCUT2D eigenvalue weighted by Gasteiger charge is -2.50. The Labute approximate surface area is 684 Å². The van der Waals surface area contributed by atoms with Crippen molar-refractivity contribution in [2.24, 2.45) is 0 Å². The standard InChI is InChI=1S/C92H175N2O17P/c1-7-13-19-25-31-37-40-46-52-58-64-70-86(99)107-79(67-61-55-49-43-34-28-22-16-10-4)75-83(96)92(102)89(94-85(98)77-81(69-63-57-51-45-36-30-24-18-12-6)109-88(101)72-66-60-54-48-42-39-33-27-21-15-9-3)91(110-82(78-95)90(92)111-112(103,104)105)106-74-73-93-84(97)76-80(68-62-56-50-44-35-29-23-17-11-5)108-87(100)71-65-59-53-47-41-38-32-26-20-14-8-2/h79-82,89-91,95,102H,7-78H2,1-6H3,(H,93,97)(H,94,98)(H2,103,104,105)/t79-,80-,81-,82-,89-,90-,91+,92-/m1/s1. The monoisotopic (exact) mass is 1610 g/mol. The number of hydrogen-bond donors (Lipinski definition) is 6. The molecule has 6 N–H and O–H groups in total. The molecule has 0 radical (unpaired) electrons. The van der Waals surface area contributed by atoms with Crippen molar-refractivity contribution in [1.82, 2.24) is 10.6 Å². The average Bonchev–Trinajstić information content (AvgIpc) is 0.738. The van der Waals surface area contributed by atoms with Crippen molar-refractivity contribution in [1.29, 1.82) is 0 Å². The number of amides is 2. The molecule has 8 atom stereocenters. The summed E-state index contributed by atoms with van der Waals surface area (Å²) < 4.78 is 49.5. The summed E-state index contributed by atoms with van der Waals surface area (Å²) in [5, 5.41) is 30.3. The number of nitrogens with one attached hydrogen (secondary N) is 2. The van der Waals surface area contributed by atoms with Crippen molar-refractivity contribution in [3.63, 3.8) is 0 Å². The first-order valence-electron chi connectivity index (χ1n) is 47.4. The summed E-state index contributed by atoms with van der Waals surface area (Å²) in [5.41, 5.74) is -3.16. The minimum atomic E-state index is -5.67. The van der Waals surface area contributed by atoms with Gasteiger partial charge in [0.1, 0.15) is 36.6 Å². The zero-order valence-electron chi connectivity index (χ0n) is 73.0. The van der Waals surface area contributed by atoms with Gasteiger partial charge >= 0.3 is 25.7 Å². The number of unbranched alkanes of at least 4 members (excludes halogenated alkanes) is 54. The van der Waals surface area contributed by atoms with Crippen LogP contribution in [0.3, 0.4) is 0 Å². The van der Waals surface area contributed by atoms with E-state index in [4.69, 9.17) is 28.2 Å². The second-order valence-corrected chi connectivity index (χ2v) is 34.6. The fourth-order valence-corrected chi connectivity index (χ4v) is 16.3. The average molecular weight is 1610 g/mol. The summed E-state index contributed by atoms with van der Waals surface area (Å²) >= 11 is 0. The van der Waals surface area contributed by atoms with Crippen LogP contribution in [-0.2, 0) is 61.5 Å². The van der Waals surface area contributed by atoms with Gasteiger partial charge in [0.15, 0.2) is 17.7 Å². The molecular weight excluding hydrogens is 1440 g/mol. The molecule has 2 amide bonds. The quantitative estimate of drug-likeness (QED) is 0.0143. The van der Waals surface area contributed by atoms with Crippen LogP contribution in [-0.4, -0.2) is 124 Å². The number of esters is 3. The first-order valence-corrected chi connectivity index (χ1v) is 49.0. The molecule has 0 unspecified atom stereocenters. The number of phosphoric ester groups is 1. The summed E-state index contributed by atoms with van der Waals surface area (Å²) in [6, 6.07) is -2.02. The zero-order valence-corrected chi connectivity index (χ0v) is 73.9. The van der Waals surface area contributed by atoms with Crippen LogP contribution in [0.2, 0.25) is 0 Å². The highest BCUT2D eigenvalue weighted by Crippen LogP contribution is 2.46. The third-order valence-corrected chi connectivity index (χ3v) is 23.2. The molecule has 112 heavy (non-hydrogen) atoms. The minimum Gasteiger partial charge on any atom is -0.462 e. The van der Waals surface area contributed by atoms with Crippen molar-refractivity contribution in [3.8, 4) is 0 Å². The number of aliphatic hydroxyl groups is 2. The molecule has 1 fully saturated rings. The molecule has 0 aromatic carbocycles. The normalized spacial score (nSPS) is 17.3. The van der Waals surface area contributed by atoms with Crippen LogP contribution < -0.4 is 10.6 Å². The Morgan fingerprint density at radius 3 is 0.911 bits per heavy atom. The minimum absolute atomic E-state index is 0.0912. The highest BCUT2D eigenvalue weighted by Gasteiger charge is 2.63. The van der Waals surface area contributed by atoms with Crippen LogP contribution >= 0.6 is 7.82 Å². The van der Waals surface area contributed by atoms with Crippen molar-refractivity contribution >= 4 is 43.3 Å². The Balaban J connectivity index is 3.78. The van der Waals surface area contributed by atoms with E-state index in [-0.39, 0.29) is 51.2 Å². The summed E-state index contributed by atoms with van der Waals surface area (Å²) in [7, 11) is -5.67. The summed E-state index contributed by atoms with van der Waals surface area (Å²) in [4.78, 5) is 107. The Hall–Kier alpha value is -3.03. The maximum atomic E-state index is 15.7. The Morgan fingerprint density at radius 1 is 0.375 bits per heavy atom. The molecule has 0 spiro atoms. The van der Waals surface area contributed by atoms with Crippen LogP contribution in [0.15, 0.2) is 0 Å². The predicted octanol–water partition coefficient (Wildman–Crippen LogP) is 23.9. The topological polar surface area (TPSA) is 280 Å². The van der Waals surface area contributed by atoms with E-state index in [9.17, 15) is 43.7 Å². The maximum Gasteiger partial charge on any atom is 0.470 e. The van der Waals surface area contributed by atoms with Crippen molar-refractivity contribution in [2.45, 2.75) is 533 Å². The highest BCUT2D eigenvalue weighted by atomic mass is 31.2. The lowest BCUT2D eigenvalue weighted by Crippen LogP contribution is -2.75. The maximum absolute atomic E-state index is 15.7. The molecule has 660 valence electrons. The van der Waals surface area contributed by atoms with E-state index < -0.39 is 105 Å². The van der Waals surface area contributed by atoms with E-state index in [1.54, 1.807) is 0 Å². The lowest BCUT2D eigenvalue weighted by molar-refractivity contribution is -0.289. The molecule has 1 aliphatic heterocycles. The predicted molar refractivity (Wildman–Crippen MR) is 456 cm³/mol. The molecule has 0 aromatic heterocycles. The first kappa shape index (κ1) is 107. The Morgan fingerprint density at radius 2 is 0.634 bits per heavy atom. The van der Waals surface area contributed by atoms with E-state index in [1.165, 1.54) is 180 Å². The molecule has 0 bridgehead atoms. The van der Waals surface area contributed by atoms with E-state index >= 15 is 9.59 Å². The number of ketones is 1. The smallest absolute Gasteiger partial charge is 0.462 e. The second-order valence-electron chi connectivity index (χ2n) is 33.4. The molecular formula is C92H175N2O17P. The van der Waals surface area contributed by atoms with E-state index in [0.717, 1.165) is 173 Å². The van der Waals surface area contributed by atoms with Crippen LogP contribution in [0.4, 0.5) is 0 Å². The lowest BCUT2D eigenvalue weighted by atomic mass is 9.77. The second kappa shape index (κ2) is 75.4. The Bertz CT molecular complexity index is 2280. The van der Waals surface area contributed by atoms with Crippen LogP contribution in [0, 0.1) is 0 Å². The summed E-state index contributed by atoms with van der Waals surface area (Å²) in [6.07, 6.45) is 56.5. The summed E-state index contributed by atoms with van der Waals surface area (Å²) in [6.45, 7) is 11.6. The van der Waals surface area contributed by atoms with Gasteiger partial charge in [-0.05, 0) is 57.8 Å². The largest absolute Gasteiger partial charge is 0.470 e. The number of ether oxygens (including phenoxy) is 5. The van der Waals surface area contributed by atoms with Gasteiger partial charge < -0.3 is 54.3 Å². The SMILES string of the molecule is CCCCCCCCCCCCCC(=O)O[C@H](CCCCCCCCCCC)CC(=O)NCCO[C@H]1O[C@H](CO)[C@@H](OP(=O)(O)O)[C@@](O)(C(=O)C[C@@H](CCCCCCCCCCC)OC(=O)CCCCCCCCCCCCC)[C@@H]1NC(=O)C[C@@H](CCCCCCCCCCC)OC(=O)CCCCCCCCCCCCC. The van der Waals surface area contributed by atoms with E-state index in [1.807, 2.05) is 0 Å². The zero-order chi connectivity index (χ0) is 82.1. The fraction of sp³-hybridized carbons (Fsp3) is 0.935. The number of aliphatic hydroxyl groups excluding tert-OH is 1. The van der Waals surface area contributed by atoms with Crippen molar-refractivity contribution < 1.29 is 81.5 Å². The van der Waals surface area contributed by atoms with Crippen LogP contribution in [0.5, 0.6) is 0 Å². The van der Waals surface area contributed by atoms with Crippen LogP contribution in [0.25, 0.3) is 0 Å². The van der Waals surface area contributed by atoms with Gasteiger partial charge in [-0.2, -0.15) is 0 Å². The van der Waals surface area contributed by atoms with E-state index in [0.29, 0.717) is 44.9 Å². The third kappa shape index (κ3) is 60.4. The number of phosphoric acid groups is 1.